The van der Waals surface area contributed by atoms with E-state index in [0.29, 0.717) is 0 Å². The molecule has 0 radical (unpaired) electrons. The molecule has 0 saturated heterocycles. The van der Waals surface area contributed by atoms with Crippen molar-refractivity contribution in [1.29, 1.82) is 0 Å². The highest BCUT2D eigenvalue weighted by atomic mass is 15.2. The largest absolute Gasteiger partial charge is 0.324 e. The Labute approximate surface area is 290 Å². The summed E-state index contributed by atoms with van der Waals surface area (Å²) in [6.45, 7) is 0. The number of fused-ring (bicyclic) bond motifs is 7. The quantitative estimate of drug-likeness (QED) is 0.196. The lowest BCUT2D eigenvalue weighted by Gasteiger charge is -2.31. The van der Waals surface area contributed by atoms with Gasteiger partial charge in [0.25, 0.3) is 0 Å². The molecule has 2 aromatic heterocycles. The third-order valence-electron chi connectivity index (χ3n) is 10.2. The number of aliphatic imine (C=N–C) groups is 2. The van der Waals surface area contributed by atoms with E-state index >= 15 is 0 Å². The summed E-state index contributed by atoms with van der Waals surface area (Å²) in [5.74, 6) is 8.59. The number of nitrogens with zero attached hydrogens (tertiary/aromatic N) is 4. The summed E-state index contributed by atoms with van der Waals surface area (Å²) in [5.41, 5.74) is 13.6. The molecule has 4 aromatic carbocycles. The van der Waals surface area contributed by atoms with Crippen LogP contribution in [0.5, 0.6) is 0 Å². The van der Waals surface area contributed by atoms with Crippen molar-refractivity contribution in [2.45, 2.75) is 24.9 Å². The minimum absolute atomic E-state index is 0.0354. The fraction of sp³-hybridized carbons (Fsp3) is 0.111. The predicted octanol–water partition coefficient (Wildman–Crippen LogP) is 8.86. The number of aryl methyl sites for hydroxylation is 1. The Kier molecular flexibility index (Phi) is 6.67. The maximum Gasteiger partial charge on any atom is 0.169 e. The van der Waals surface area contributed by atoms with Crippen LogP contribution in [-0.2, 0) is 12.8 Å². The van der Waals surface area contributed by atoms with Crippen LogP contribution in [0.1, 0.15) is 51.2 Å². The summed E-state index contributed by atoms with van der Waals surface area (Å²) < 4.78 is 0. The first-order chi connectivity index (χ1) is 24.8. The lowest BCUT2D eigenvalue weighted by molar-refractivity contribution is 0.692. The number of hydrogen-bond donors (Lipinski definition) is 1. The average molecular weight is 642 g/mol. The van der Waals surface area contributed by atoms with Gasteiger partial charge >= 0.3 is 0 Å². The zero-order valence-electron chi connectivity index (χ0n) is 27.2. The monoisotopic (exact) mass is 641 g/mol. The predicted molar refractivity (Wildman–Crippen MR) is 202 cm³/mol. The molecule has 3 aliphatic carbocycles. The van der Waals surface area contributed by atoms with E-state index in [4.69, 9.17) is 15.0 Å². The minimum Gasteiger partial charge on any atom is -0.324 e. The van der Waals surface area contributed by atoms with E-state index in [2.05, 4.69) is 125 Å². The average Bonchev–Trinajstić information content (AvgIpc) is 3.20. The summed E-state index contributed by atoms with van der Waals surface area (Å²) >= 11 is 0. The Balaban J connectivity index is 1.13. The van der Waals surface area contributed by atoms with E-state index in [1.165, 1.54) is 27.8 Å². The molecule has 50 heavy (non-hydrogen) atoms. The molecule has 3 heterocycles. The topological polar surface area (TPSA) is 62.5 Å². The number of rotatable bonds is 4. The van der Waals surface area contributed by atoms with Crippen molar-refractivity contribution in [3.8, 4) is 34.2 Å². The Morgan fingerprint density at radius 2 is 1.56 bits per heavy atom. The molecule has 5 heteroatoms. The Bertz CT molecular complexity index is 2550. The van der Waals surface area contributed by atoms with Crippen LogP contribution in [0.2, 0.25) is 0 Å². The van der Waals surface area contributed by atoms with E-state index in [1.54, 1.807) is 0 Å². The van der Waals surface area contributed by atoms with Gasteiger partial charge in [-0.15, -0.1) is 0 Å². The Hall–Kier alpha value is -6.38. The molecule has 0 amide bonds. The first-order valence-electron chi connectivity index (χ1n) is 17.2. The normalized spacial score (nSPS) is 19.5. The molecule has 0 bridgehead atoms. The van der Waals surface area contributed by atoms with Crippen LogP contribution in [0, 0.1) is 17.8 Å². The molecule has 3 unspecified atom stereocenters. The fourth-order valence-corrected chi connectivity index (χ4v) is 7.79. The van der Waals surface area contributed by atoms with Crippen LogP contribution in [0.3, 0.4) is 0 Å². The van der Waals surface area contributed by atoms with Crippen molar-refractivity contribution in [2.24, 2.45) is 15.9 Å². The summed E-state index contributed by atoms with van der Waals surface area (Å²) in [7, 11) is 0. The molecule has 0 spiro atoms. The van der Waals surface area contributed by atoms with Gasteiger partial charge < -0.3 is 5.32 Å². The zero-order valence-corrected chi connectivity index (χ0v) is 27.2. The molecule has 1 N–H and O–H groups in total. The van der Waals surface area contributed by atoms with E-state index in [9.17, 15) is 0 Å². The maximum atomic E-state index is 5.44. The SMILES string of the molecule is C1#CC2c3nc4c(c(-c5cccc(C6=NC(c7ccc8ncccc8c7)N=C(c7ccccc7)N6)c5)c3C=CC2C=C1)CCc1ccccc1-4. The van der Waals surface area contributed by atoms with Crippen LogP contribution in [0.25, 0.3) is 39.4 Å². The standard InChI is InChI=1S/C45H31N5/c1-2-12-30(13-3-1)43-48-44(50-45(49-43)34-21-24-39-31(26-34)16-9-25-46-39)33-15-8-14-32(27-33)40-37-22-19-28-10-4-6-17-35(28)41(37)47-42-36-18-7-5-11-29(36)20-23-38(40)42/h1-6,8-17,20-21,23-27,29,36,45H,19,22H2,(H,48,49,50). The van der Waals surface area contributed by atoms with Crippen LogP contribution in [-0.4, -0.2) is 21.6 Å². The fourth-order valence-electron chi connectivity index (χ4n) is 7.79. The van der Waals surface area contributed by atoms with Crippen LogP contribution >= 0.6 is 0 Å². The van der Waals surface area contributed by atoms with E-state index < -0.39 is 6.17 Å². The second-order valence-corrected chi connectivity index (χ2v) is 13.2. The van der Waals surface area contributed by atoms with Crippen molar-refractivity contribution in [3.63, 3.8) is 0 Å². The highest BCUT2D eigenvalue weighted by Crippen LogP contribution is 2.46. The van der Waals surface area contributed by atoms with Crippen molar-refractivity contribution in [3.05, 3.63) is 173 Å². The van der Waals surface area contributed by atoms with Crippen molar-refractivity contribution < 1.29 is 0 Å². The molecule has 6 aromatic rings. The maximum absolute atomic E-state index is 5.44. The van der Waals surface area contributed by atoms with Gasteiger partial charge in [-0.25, -0.2) is 9.98 Å². The smallest absolute Gasteiger partial charge is 0.169 e. The highest BCUT2D eigenvalue weighted by Gasteiger charge is 2.32. The van der Waals surface area contributed by atoms with Gasteiger partial charge in [-0.2, -0.15) is 0 Å². The Morgan fingerprint density at radius 1 is 0.720 bits per heavy atom. The number of pyridine rings is 2. The third kappa shape index (κ3) is 4.80. The van der Waals surface area contributed by atoms with Crippen molar-refractivity contribution in [1.82, 2.24) is 15.3 Å². The third-order valence-corrected chi connectivity index (χ3v) is 10.2. The molecule has 0 saturated carbocycles. The molecular formula is C45H31N5. The van der Waals surface area contributed by atoms with Crippen molar-refractivity contribution in [2.75, 3.05) is 0 Å². The number of amidine groups is 2. The van der Waals surface area contributed by atoms with Crippen LogP contribution < -0.4 is 5.32 Å². The zero-order chi connectivity index (χ0) is 33.0. The number of nitrogens with one attached hydrogen (secondary N) is 1. The lowest BCUT2D eigenvalue weighted by Crippen LogP contribution is -2.36. The molecule has 5 nitrogen and oxygen atoms in total. The molecule has 236 valence electrons. The van der Waals surface area contributed by atoms with Gasteiger partial charge in [0.15, 0.2) is 6.17 Å². The van der Waals surface area contributed by atoms with E-state index in [-0.39, 0.29) is 11.8 Å². The van der Waals surface area contributed by atoms with Gasteiger partial charge in [0.05, 0.1) is 22.8 Å². The second kappa shape index (κ2) is 11.6. The first kappa shape index (κ1) is 28.6. The van der Waals surface area contributed by atoms with Gasteiger partial charge in [0, 0.05) is 39.8 Å². The summed E-state index contributed by atoms with van der Waals surface area (Å²) in [6.07, 6.45) is 12.1. The lowest BCUT2D eigenvalue weighted by atomic mass is 9.75. The molecular weight excluding hydrogens is 611 g/mol. The van der Waals surface area contributed by atoms with Gasteiger partial charge in [0.2, 0.25) is 0 Å². The molecule has 4 aliphatic rings. The number of benzene rings is 4. The summed E-state index contributed by atoms with van der Waals surface area (Å²) in [6, 6.07) is 38.2. The van der Waals surface area contributed by atoms with Gasteiger partial charge in [0.1, 0.15) is 11.7 Å². The first-order valence-corrected chi connectivity index (χ1v) is 17.2. The minimum atomic E-state index is -0.412. The second-order valence-electron chi connectivity index (χ2n) is 13.2. The molecule has 0 fully saturated rings. The molecule has 10 rings (SSSR count). The van der Waals surface area contributed by atoms with Gasteiger partial charge in [-0.05, 0) is 71.0 Å². The van der Waals surface area contributed by atoms with Gasteiger partial charge in [-0.1, -0.05) is 115 Å². The van der Waals surface area contributed by atoms with Crippen LogP contribution in [0.15, 0.2) is 144 Å². The number of hydrogen-bond acceptors (Lipinski definition) is 5. The number of allylic oxidation sites excluding steroid dienone is 3. The van der Waals surface area contributed by atoms with Crippen LogP contribution in [0.4, 0.5) is 0 Å². The number of aromatic nitrogens is 2. The summed E-state index contributed by atoms with van der Waals surface area (Å²) in [4.78, 5) is 20.3. The summed E-state index contributed by atoms with van der Waals surface area (Å²) in [5, 5.41) is 4.68. The van der Waals surface area contributed by atoms with E-state index in [0.717, 1.165) is 69.1 Å². The Morgan fingerprint density at radius 3 is 2.50 bits per heavy atom. The molecule has 1 aliphatic heterocycles. The molecule has 3 atom stereocenters. The van der Waals surface area contributed by atoms with Gasteiger partial charge in [-0.3, -0.25) is 9.97 Å². The van der Waals surface area contributed by atoms with E-state index in [1.807, 2.05) is 36.5 Å². The van der Waals surface area contributed by atoms with Crippen molar-refractivity contribution >= 4 is 28.7 Å². The highest BCUT2D eigenvalue weighted by molar-refractivity contribution is 6.16.